The molecule has 0 unspecified atom stereocenters. The van der Waals surface area contributed by atoms with Crippen LogP contribution in [0.2, 0.25) is 0 Å². The van der Waals surface area contributed by atoms with Crippen molar-refractivity contribution < 1.29 is 14.3 Å². The summed E-state index contributed by atoms with van der Waals surface area (Å²) in [6.45, 7) is 5.32. The molecule has 5 rings (SSSR count). The van der Waals surface area contributed by atoms with Gasteiger partial charge in [-0.25, -0.2) is 14.6 Å². The summed E-state index contributed by atoms with van der Waals surface area (Å²) in [4.78, 5) is 31.2. The zero-order valence-electron chi connectivity index (χ0n) is 16.9. The van der Waals surface area contributed by atoms with Gasteiger partial charge in [0.2, 0.25) is 0 Å². The average Bonchev–Trinajstić information content (AvgIpc) is 3.09. The molecule has 154 valence electrons. The largest absolute Gasteiger partial charge is 0.461 e. The second-order valence-corrected chi connectivity index (χ2v) is 9.84. The predicted octanol–water partition coefficient (Wildman–Crippen LogP) is 4.21. The van der Waals surface area contributed by atoms with E-state index in [1.807, 2.05) is 4.90 Å². The number of nitrogens with zero attached hydrogens (tertiary/aromatic N) is 2. The fourth-order valence-corrected chi connectivity index (χ4v) is 6.72. The first-order valence-corrected chi connectivity index (χ1v) is 11.6. The van der Waals surface area contributed by atoms with Crippen LogP contribution in [0.3, 0.4) is 0 Å². The Kier molecular flexibility index (Phi) is 5.63. The second-order valence-electron chi connectivity index (χ2n) is 8.90. The van der Waals surface area contributed by atoms with Gasteiger partial charge in [-0.15, -0.1) is 11.3 Å². The van der Waals surface area contributed by atoms with E-state index in [2.05, 4.69) is 17.2 Å². The van der Waals surface area contributed by atoms with Crippen molar-refractivity contribution in [2.45, 2.75) is 70.9 Å². The molecule has 4 aliphatic rings. The van der Waals surface area contributed by atoms with Gasteiger partial charge in [0.05, 0.1) is 13.2 Å². The van der Waals surface area contributed by atoms with Gasteiger partial charge in [-0.3, -0.25) is 0 Å². The number of esters is 1. The number of nitrogens with one attached hydrogen (secondary N) is 1. The van der Waals surface area contributed by atoms with Crippen molar-refractivity contribution in [1.82, 2.24) is 15.2 Å². The monoisotopic (exact) mass is 405 g/mol. The van der Waals surface area contributed by atoms with E-state index in [1.54, 1.807) is 12.3 Å². The van der Waals surface area contributed by atoms with E-state index >= 15 is 0 Å². The molecule has 0 atom stereocenters. The van der Waals surface area contributed by atoms with Crippen LogP contribution in [-0.2, 0) is 11.3 Å². The molecule has 1 aromatic heterocycles. The number of aromatic nitrogens is 1. The Labute approximate surface area is 171 Å². The van der Waals surface area contributed by atoms with Crippen LogP contribution in [0.1, 0.15) is 74.3 Å². The van der Waals surface area contributed by atoms with Gasteiger partial charge >= 0.3 is 12.0 Å². The average molecular weight is 406 g/mol. The molecule has 0 radical (unpaired) electrons. The van der Waals surface area contributed by atoms with Crippen LogP contribution in [0.4, 0.5) is 4.79 Å². The lowest BCUT2D eigenvalue weighted by atomic mass is 9.53. The molecule has 4 bridgehead atoms. The molecule has 1 heterocycles. The summed E-state index contributed by atoms with van der Waals surface area (Å²) in [5, 5.41) is 5.94. The van der Waals surface area contributed by atoms with E-state index in [1.165, 1.54) is 30.6 Å². The van der Waals surface area contributed by atoms with Gasteiger partial charge in [0.15, 0.2) is 5.69 Å². The fourth-order valence-electron chi connectivity index (χ4n) is 5.94. The first-order chi connectivity index (χ1) is 13.5. The molecule has 7 heteroatoms. The minimum atomic E-state index is -0.398. The van der Waals surface area contributed by atoms with Crippen molar-refractivity contribution >= 4 is 23.3 Å². The number of hydrogen-bond donors (Lipinski definition) is 1. The van der Waals surface area contributed by atoms with E-state index < -0.39 is 5.97 Å². The lowest BCUT2D eigenvalue weighted by Gasteiger charge is -2.57. The Hall–Kier alpha value is -1.63. The number of rotatable bonds is 7. The third kappa shape index (κ3) is 4.04. The molecule has 0 aromatic carbocycles. The Bertz CT molecular complexity index is 697. The number of urea groups is 1. The van der Waals surface area contributed by atoms with Crippen LogP contribution in [0, 0.1) is 17.8 Å². The first kappa shape index (κ1) is 19.7. The fraction of sp³-hybridized carbons (Fsp3) is 0.762. The van der Waals surface area contributed by atoms with Crippen LogP contribution in [-0.4, -0.2) is 40.6 Å². The first-order valence-electron chi connectivity index (χ1n) is 10.7. The van der Waals surface area contributed by atoms with Crippen molar-refractivity contribution in [3.63, 3.8) is 0 Å². The van der Waals surface area contributed by atoms with Gasteiger partial charge < -0.3 is 15.0 Å². The number of thiazole rings is 1. The smallest absolute Gasteiger partial charge is 0.357 e. The van der Waals surface area contributed by atoms with Crippen LogP contribution in [0.5, 0.6) is 0 Å². The van der Waals surface area contributed by atoms with Crippen molar-refractivity contribution in [2.24, 2.45) is 17.8 Å². The van der Waals surface area contributed by atoms with E-state index in [4.69, 9.17) is 4.74 Å². The molecule has 2 amide bonds. The minimum absolute atomic E-state index is 0.0107. The quantitative estimate of drug-likeness (QED) is 0.690. The molecule has 0 spiro atoms. The van der Waals surface area contributed by atoms with E-state index in [-0.39, 0.29) is 11.6 Å². The Morgan fingerprint density at radius 2 is 1.86 bits per heavy atom. The molecule has 6 nitrogen and oxygen atoms in total. The second kappa shape index (κ2) is 8.01. The zero-order chi connectivity index (χ0) is 19.7. The van der Waals surface area contributed by atoms with Crippen molar-refractivity contribution in [1.29, 1.82) is 0 Å². The highest BCUT2D eigenvalue weighted by atomic mass is 32.1. The van der Waals surface area contributed by atoms with E-state index in [9.17, 15) is 9.59 Å². The summed E-state index contributed by atoms with van der Waals surface area (Å²) in [7, 11) is 0. The maximum atomic E-state index is 13.2. The SMILES string of the molecule is CCCN(Cc1nc(C(=O)OCC)cs1)C(=O)NC12CC3CC(CC(C3)C1)C2. The summed E-state index contributed by atoms with van der Waals surface area (Å²) in [6, 6.07) is 0.0247. The predicted molar refractivity (Wildman–Crippen MR) is 108 cm³/mol. The highest BCUT2D eigenvalue weighted by Gasteiger charge is 2.51. The molecular formula is C21H31N3O3S. The van der Waals surface area contributed by atoms with Gasteiger partial charge in [0.25, 0.3) is 0 Å². The summed E-state index contributed by atoms with van der Waals surface area (Å²) in [5.74, 6) is 2.01. The van der Waals surface area contributed by atoms with Gasteiger partial charge in [-0.2, -0.15) is 0 Å². The van der Waals surface area contributed by atoms with Crippen LogP contribution in [0.15, 0.2) is 5.38 Å². The lowest BCUT2D eigenvalue weighted by molar-refractivity contribution is -0.0158. The van der Waals surface area contributed by atoms with E-state index in [0.29, 0.717) is 25.4 Å². The number of amides is 2. The van der Waals surface area contributed by atoms with Gasteiger partial charge in [-0.1, -0.05) is 6.92 Å². The molecule has 0 saturated heterocycles. The van der Waals surface area contributed by atoms with Crippen LogP contribution < -0.4 is 5.32 Å². The van der Waals surface area contributed by atoms with Crippen LogP contribution in [0.25, 0.3) is 0 Å². The highest BCUT2D eigenvalue weighted by Crippen LogP contribution is 2.55. The number of ether oxygens (including phenoxy) is 1. The number of hydrogen-bond acceptors (Lipinski definition) is 5. The topological polar surface area (TPSA) is 71.5 Å². The standard InChI is InChI=1S/C21H31N3O3S/c1-3-5-24(12-18-22-17(13-28-18)19(25)27-4-2)20(26)23-21-9-14-6-15(10-21)8-16(7-14)11-21/h13-16H,3-12H2,1-2H3,(H,23,26). The highest BCUT2D eigenvalue weighted by molar-refractivity contribution is 7.09. The molecule has 1 N–H and O–H groups in total. The van der Waals surface area contributed by atoms with Crippen molar-refractivity contribution in [3.8, 4) is 0 Å². The zero-order valence-corrected chi connectivity index (χ0v) is 17.7. The third-order valence-corrected chi connectivity index (χ3v) is 7.39. The third-order valence-electron chi connectivity index (χ3n) is 6.55. The molecule has 0 aliphatic heterocycles. The summed E-state index contributed by atoms with van der Waals surface area (Å²) >= 11 is 1.41. The molecular weight excluding hydrogens is 374 g/mol. The number of carbonyl (C=O) groups is 2. The van der Waals surface area contributed by atoms with Crippen molar-refractivity contribution in [3.05, 3.63) is 16.1 Å². The Morgan fingerprint density at radius 1 is 1.21 bits per heavy atom. The molecule has 4 aliphatic carbocycles. The Balaban J connectivity index is 1.41. The summed E-state index contributed by atoms with van der Waals surface area (Å²) < 4.78 is 5.01. The van der Waals surface area contributed by atoms with Crippen molar-refractivity contribution in [2.75, 3.05) is 13.2 Å². The summed E-state index contributed by atoms with van der Waals surface area (Å²) in [5.41, 5.74) is 0.344. The lowest BCUT2D eigenvalue weighted by Crippen LogP contribution is -2.61. The van der Waals surface area contributed by atoms with Gasteiger partial charge in [0, 0.05) is 17.5 Å². The molecule has 4 fully saturated rings. The molecule has 1 aromatic rings. The minimum Gasteiger partial charge on any atom is -0.461 e. The Morgan fingerprint density at radius 3 is 2.43 bits per heavy atom. The molecule has 4 saturated carbocycles. The van der Waals surface area contributed by atoms with Gasteiger partial charge in [-0.05, 0) is 69.6 Å². The normalized spacial score (nSPS) is 30.3. The number of carbonyl (C=O) groups excluding carboxylic acids is 2. The molecule has 28 heavy (non-hydrogen) atoms. The summed E-state index contributed by atoms with van der Waals surface area (Å²) in [6.07, 6.45) is 8.43. The maximum Gasteiger partial charge on any atom is 0.357 e. The maximum absolute atomic E-state index is 13.2. The van der Waals surface area contributed by atoms with Crippen LogP contribution >= 0.6 is 11.3 Å². The van der Waals surface area contributed by atoms with Gasteiger partial charge in [0.1, 0.15) is 5.01 Å². The van der Waals surface area contributed by atoms with E-state index in [0.717, 1.165) is 48.4 Å².